The van der Waals surface area contributed by atoms with Gasteiger partial charge in [-0.05, 0) is 87.1 Å². The van der Waals surface area contributed by atoms with E-state index in [-0.39, 0.29) is 11.6 Å². The predicted molar refractivity (Wildman–Crippen MR) is 152 cm³/mol. The molecule has 0 saturated heterocycles. The van der Waals surface area contributed by atoms with Crippen molar-refractivity contribution in [3.8, 4) is 0 Å². The molecule has 0 amide bonds. The highest BCUT2D eigenvalue weighted by molar-refractivity contribution is 6.74. The van der Waals surface area contributed by atoms with Gasteiger partial charge in [0.15, 0.2) is 16.6 Å². The van der Waals surface area contributed by atoms with E-state index in [2.05, 4.69) is 60.7 Å². The van der Waals surface area contributed by atoms with Crippen molar-refractivity contribution in [2.45, 2.75) is 154 Å². The van der Waals surface area contributed by atoms with Crippen molar-refractivity contribution in [2.75, 3.05) is 6.61 Å². The van der Waals surface area contributed by atoms with Gasteiger partial charge < -0.3 is 14.0 Å². The molecule has 3 nitrogen and oxygen atoms in total. The van der Waals surface area contributed by atoms with Gasteiger partial charge in [0.1, 0.15) is 0 Å². The van der Waals surface area contributed by atoms with Crippen molar-refractivity contribution in [2.24, 2.45) is 11.8 Å². The van der Waals surface area contributed by atoms with E-state index in [1.54, 1.807) is 5.57 Å². The molecule has 0 aromatic rings. The molecule has 2 rings (SSSR count). The number of rotatable bonds is 14. The zero-order valence-corrected chi connectivity index (χ0v) is 26.0. The van der Waals surface area contributed by atoms with Crippen LogP contribution in [0.2, 0.25) is 36.3 Å². The van der Waals surface area contributed by atoms with E-state index in [1.807, 2.05) is 0 Å². The van der Waals surface area contributed by atoms with Gasteiger partial charge in [-0.3, -0.25) is 0 Å². The van der Waals surface area contributed by atoms with Gasteiger partial charge in [-0.15, -0.1) is 0 Å². The van der Waals surface area contributed by atoms with Gasteiger partial charge in [0.25, 0.3) is 0 Å². The lowest BCUT2D eigenvalue weighted by Crippen LogP contribution is -2.46. The van der Waals surface area contributed by atoms with Crippen LogP contribution in [0.1, 0.15) is 106 Å². The van der Waals surface area contributed by atoms with Crippen LogP contribution in [-0.4, -0.2) is 40.6 Å². The van der Waals surface area contributed by atoms with Gasteiger partial charge in [-0.1, -0.05) is 72.5 Å². The van der Waals surface area contributed by atoms with Gasteiger partial charge in [0.05, 0.1) is 6.10 Å². The molecule has 0 radical (unpaired) electrons. The van der Waals surface area contributed by atoms with Crippen LogP contribution in [0.4, 0.5) is 0 Å². The third-order valence-electron chi connectivity index (χ3n) is 9.69. The highest BCUT2D eigenvalue weighted by Gasteiger charge is 2.42. The first kappa shape index (κ1) is 30.3. The molecule has 34 heavy (non-hydrogen) atoms. The number of aliphatic hydroxyl groups is 1. The Bertz CT molecular complexity index is 607. The maximum atomic E-state index is 9.60. The van der Waals surface area contributed by atoms with Crippen LogP contribution in [-0.2, 0) is 8.85 Å². The molecular weight excluding hydrogens is 452 g/mol. The fraction of sp³-hybridized carbons (Fsp3) is 0.931. The summed E-state index contributed by atoms with van der Waals surface area (Å²) >= 11 is 0. The molecule has 3 atom stereocenters. The van der Waals surface area contributed by atoms with E-state index in [1.165, 1.54) is 50.2 Å². The van der Waals surface area contributed by atoms with Crippen LogP contribution < -0.4 is 0 Å². The van der Waals surface area contributed by atoms with Crippen LogP contribution in [0.25, 0.3) is 0 Å². The first-order valence-corrected chi connectivity index (χ1v) is 20.1. The van der Waals surface area contributed by atoms with Gasteiger partial charge in [0, 0.05) is 18.6 Å². The Kier molecular flexibility index (Phi) is 12.1. The fourth-order valence-corrected chi connectivity index (χ4v) is 10.3. The molecule has 0 aromatic heterocycles. The lowest BCUT2D eigenvalue weighted by molar-refractivity contribution is 0.0842. The van der Waals surface area contributed by atoms with E-state index in [9.17, 15) is 5.11 Å². The molecule has 3 unspecified atom stereocenters. The van der Waals surface area contributed by atoms with Gasteiger partial charge in [-0.2, -0.15) is 0 Å². The Balaban J connectivity index is 2.13. The van der Waals surface area contributed by atoms with Crippen molar-refractivity contribution in [3.63, 3.8) is 0 Å². The summed E-state index contributed by atoms with van der Waals surface area (Å²) in [6.45, 7) is 19.2. The zero-order chi connectivity index (χ0) is 25.4. The minimum atomic E-state index is -1.80. The summed E-state index contributed by atoms with van der Waals surface area (Å²) in [5.41, 5.74) is 1.60. The first-order valence-electron chi connectivity index (χ1n) is 14.7. The third-order valence-corrected chi connectivity index (χ3v) is 18.9. The second kappa shape index (κ2) is 13.6. The Hall–Kier alpha value is 0.0538. The minimum Gasteiger partial charge on any atom is -0.414 e. The normalized spacial score (nSPS) is 23.9. The van der Waals surface area contributed by atoms with Crippen molar-refractivity contribution in [1.82, 2.24) is 0 Å². The predicted octanol–water partition coefficient (Wildman–Crippen LogP) is 8.85. The summed E-state index contributed by atoms with van der Waals surface area (Å²) in [5, 5.41) is 9.85. The smallest absolute Gasteiger partial charge is 0.192 e. The van der Waals surface area contributed by atoms with Crippen molar-refractivity contribution in [3.05, 3.63) is 11.6 Å². The van der Waals surface area contributed by atoms with Crippen molar-refractivity contribution >= 4 is 16.6 Å². The summed E-state index contributed by atoms with van der Waals surface area (Å²) in [4.78, 5) is 0. The fourth-order valence-electron chi connectivity index (χ4n) is 6.00. The van der Waals surface area contributed by atoms with Crippen LogP contribution in [0.3, 0.4) is 0 Å². The maximum absolute atomic E-state index is 9.60. The summed E-state index contributed by atoms with van der Waals surface area (Å²) in [5.74, 6) is 1.22. The van der Waals surface area contributed by atoms with Crippen LogP contribution in [0, 0.1) is 11.8 Å². The monoisotopic (exact) mass is 510 g/mol. The Labute approximate surface area is 214 Å². The van der Waals surface area contributed by atoms with Gasteiger partial charge in [-0.25, -0.2) is 0 Å². The van der Waals surface area contributed by atoms with E-state index in [4.69, 9.17) is 8.85 Å². The SMILES string of the molecule is CC[Si](CC)(CC)OC1CC=C(CCC(O[Si](C)(C)C(C)(C)C)C2CCCCC2)C1CCCO. The molecule has 1 fully saturated rings. The molecule has 0 heterocycles. The lowest BCUT2D eigenvalue weighted by Gasteiger charge is -2.42. The van der Waals surface area contributed by atoms with E-state index < -0.39 is 16.6 Å². The molecule has 1 N–H and O–H groups in total. The summed E-state index contributed by atoms with van der Waals surface area (Å²) < 4.78 is 14.1. The average Bonchev–Trinajstić information content (AvgIpc) is 3.19. The molecule has 2 aliphatic rings. The van der Waals surface area contributed by atoms with Crippen molar-refractivity contribution < 1.29 is 14.0 Å². The van der Waals surface area contributed by atoms with Gasteiger partial charge in [0.2, 0.25) is 0 Å². The second-order valence-electron chi connectivity index (χ2n) is 12.7. The molecule has 200 valence electrons. The van der Waals surface area contributed by atoms with E-state index >= 15 is 0 Å². The van der Waals surface area contributed by atoms with Crippen LogP contribution >= 0.6 is 0 Å². The maximum Gasteiger partial charge on any atom is 0.192 e. The quantitative estimate of drug-likeness (QED) is 0.187. The number of aliphatic hydroxyl groups excluding tert-OH is 1. The minimum absolute atomic E-state index is 0.254. The molecule has 2 aliphatic carbocycles. The zero-order valence-electron chi connectivity index (χ0n) is 24.0. The lowest BCUT2D eigenvalue weighted by atomic mass is 9.82. The molecule has 0 spiro atoms. The highest BCUT2D eigenvalue weighted by Crippen LogP contribution is 2.43. The molecule has 1 saturated carbocycles. The first-order chi connectivity index (χ1) is 16.0. The Morgan fingerprint density at radius 3 is 2.18 bits per heavy atom. The molecule has 5 heteroatoms. The third kappa shape index (κ3) is 8.03. The molecular formula is C29H58O3Si2. The highest BCUT2D eigenvalue weighted by atomic mass is 28.4. The second-order valence-corrected chi connectivity index (χ2v) is 22.2. The van der Waals surface area contributed by atoms with E-state index in [0.29, 0.717) is 18.1 Å². The summed E-state index contributed by atoms with van der Waals surface area (Å²) in [6.07, 6.45) is 15.4. The van der Waals surface area contributed by atoms with E-state index in [0.717, 1.165) is 38.0 Å². The Morgan fingerprint density at radius 2 is 1.65 bits per heavy atom. The standard InChI is InChI=1S/C29H58O3Si2/c1-9-34(10-2,11-3)32-28-22-20-24(26(28)18-15-23-30)19-21-27(25-16-13-12-14-17-25)31-33(7,8)29(4,5)6/h20,25-28,30H,9-19,21-23H2,1-8H3. The molecule has 0 aliphatic heterocycles. The largest absolute Gasteiger partial charge is 0.414 e. The topological polar surface area (TPSA) is 38.7 Å². The number of hydrogen-bond donors (Lipinski definition) is 1. The van der Waals surface area contributed by atoms with Crippen molar-refractivity contribution in [1.29, 1.82) is 0 Å². The average molecular weight is 511 g/mol. The number of hydrogen-bond acceptors (Lipinski definition) is 3. The molecule has 0 aromatic carbocycles. The van der Waals surface area contributed by atoms with Crippen LogP contribution in [0.5, 0.6) is 0 Å². The van der Waals surface area contributed by atoms with Crippen LogP contribution in [0.15, 0.2) is 11.6 Å². The summed E-state index contributed by atoms with van der Waals surface area (Å²) in [6, 6.07) is 3.63. The van der Waals surface area contributed by atoms with Gasteiger partial charge >= 0.3 is 0 Å². The molecule has 0 bridgehead atoms. The Morgan fingerprint density at radius 1 is 1.03 bits per heavy atom. The summed E-state index contributed by atoms with van der Waals surface area (Å²) in [7, 11) is -3.43.